The van der Waals surface area contributed by atoms with Gasteiger partial charge in [-0.25, -0.2) is 0 Å². The van der Waals surface area contributed by atoms with Gasteiger partial charge in [0.15, 0.2) is 0 Å². The molecule has 0 fully saturated rings. The molecule has 0 saturated carbocycles. The van der Waals surface area contributed by atoms with Crippen LogP contribution in [0.5, 0.6) is 0 Å². The van der Waals surface area contributed by atoms with Crippen LogP contribution in [-0.2, 0) is 9.53 Å². The average molecular weight is 312 g/mol. The first-order valence-electron chi connectivity index (χ1n) is 6.04. The predicted octanol–water partition coefficient (Wildman–Crippen LogP) is 3.19. The molecule has 0 radical (unpaired) electrons. The first-order valence-corrected chi connectivity index (χ1v) is 7.23. The summed E-state index contributed by atoms with van der Waals surface area (Å²) in [6, 6.07) is 7.61. The van der Waals surface area contributed by atoms with Crippen LogP contribution in [0.25, 0.3) is 10.1 Å². The number of benzene rings is 1. The van der Waals surface area contributed by atoms with E-state index in [1.165, 1.54) is 23.3 Å². The van der Waals surface area contributed by atoms with E-state index in [9.17, 15) is 9.59 Å². The number of carbonyl (C=O) groups is 2. The number of esters is 1. The van der Waals surface area contributed by atoms with Crippen molar-refractivity contribution in [1.82, 2.24) is 4.90 Å². The number of rotatable bonds is 4. The Labute approximate surface area is 125 Å². The lowest BCUT2D eigenvalue weighted by atomic mass is 10.2. The third-order valence-electron chi connectivity index (χ3n) is 2.95. The number of methoxy groups -OCH3 is 1. The van der Waals surface area contributed by atoms with Gasteiger partial charge in [-0.05, 0) is 6.07 Å². The molecule has 106 valence electrons. The minimum absolute atomic E-state index is 0.168. The van der Waals surface area contributed by atoms with Gasteiger partial charge in [-0.2, -0.15) is 0 Å². The lowest BCUT2D eigenvalue weighted by molar-refractivity contribution is -0.140. The van der Waals surface area contributed by atoms with Crippen LogP contribution < -0.4 is 0 Å². The Balaban J connectivity index is 2.18. The van der Waals surface area contributed by atoms with Crippen molar-refractivity contribution in [2.45, 2.75) is 6.42 Å². The van der Waals surface area contributed by atoms with Crippen LogP contribution in [0.3, 0.4) is 0 Å². The van der Waals surface area contributed by atoms with E-state index < -0.39 is 0 Å². The molecular weight excluding hydrogens is 298 g/mol. The fourth-order valence-electron chi connectivity index (χ4n) is 1.79. The molecule has 2 rings (SSSR count). The largest absolute Gasteiger partial charge is 0.469 e. The topological polar surface area (TPSA) is 46.6 Å². The second-order valence-corrected chi connectivity index (χ2v) is 5.72. The van der Waals surface area contributed by atoms with Gasteiger partial charge in [-0.15, -0.1) is 11.3 Å². The number of halogens is 1. The molecule has 1 heterocycles. The van der Waals surface area contributed by atoms with Crippen LogP contribution in [0.4, 0.5) is 0 Å². The highest BCUT2D eigenvalue weighted by Gasteiger charge is 2.20. The molecule has 1 aromatic heterocycles. The van der Waals surface area contributed by atoms with Crippen LogP contribution in [-0.4, -0.2) is 37.5 Å². The van der Waals surface area contributed by atoms with Crippen molar-refractivity contribution < 1.29 is 14.3 Å². The Morgan fingerprint density at radius 2 is 2.05 bits per heavy atom. The molecule has 0 N–H and O–H groups in total. The number of hydrogen-bond donors (Lipinski definition) is 0. The SMILES string of the molecule is COC(=O)CCN(C)C(=O)c1sc2ccccc2c1Cl. The smallest absolute Gasteiger partial charge is 0.307 e. The van der Waals surface area contributed by atoms with Gasteiger partial charge in [0.05, 0.1) is 18.6 Å². The van der Waals surface area contributed by atoms with Crippen molar-refractivity contribution in [3.63, 3.8) is 0 Å². The lowest BCUT2D eigenvalue weighted by Gasteiger charge is -2.15. The molecular formula is C14H14ClNO3S. The van der Waals surface area contributed by atoms with Gasteiger partial charge in [-0.1, -0.05) is 29.8 Å². The second kappa shape index (κ2) is 6.24. The molecule has 4 nitrogen and oxygen atoms in total. The van der Waals surface area contributed by atoms with E-state index in [1.807, 2.05) is 24.3 Å². The maximum Gasteiger partial charge on any atom is 0.307 e. The van der Waals surface area contributed by atoms with E-state index in [-0.39, 0.29) is 18.3 Å². The van der Waals surface area contributed by atoms with Gasteiger partial charge in [0.25, 0.3) is 5.91 Å². The number of ether oxygens (including phenoxy) is 1. The van der Waals surface area contributed by atoms with Gasteiger partial charge in [-0.3, -0.25) is 9.59 Å². The average Bonchev–Trinajstić information content (AvgIpc) is 2.81. The van der Waals surface area contributed by atoms with Gasteiger partial charge in [0, 0.05) is 23.7 Å². The lowest BCUT2D eigenvalue weighted by Crippen LogP contribution is -2.28. The quantitative estimate of drug-likeness (QED) is 0.815. The molecule has 1 aromatic carbocycles. The Morgan fingerprint density at radius 1 is 1.35 bits per heavy atom. The number of nitrogens with zero attached hydrogens (tertiary/aromatic N) is 1. The summed E-state index contributed by atoms with van der Waals surface area (Å²) in [7, 11) is 2.97. The summed E-state index contributed by atoms with van der Waals surface area (Å²) in [4.78, 5) is 25.4. The summed E-state index contributed by atoms with van der Waals surface area (Å²) >= 11 is 7.62. The molecule has 6 heteroatoms. The zero-order valence-corrected chi connectivity index (χ0v) is 12.8. The summed E-state index contributed by atoms with van der Waals surface area (Å²) < 4.78 is 5.53. The highest BCUT2D eigenvalue weighted by molar-refractivity contribution is 7.21. The number of fused-ring (bicyclic) bond motifs is 1. The molecule has 0 atom stereocenters. The number of hydrogen-bond acceptors (Lipinski definition) is 4. The van der Waals surface area contributed by atoms with Crippen molar-refractivity contribution in [3.05, 3.63) is 34.2 Å². The van der Waals surface area contributed by atoms with Crippen molar-refractivity contribution >= 4 is 44.9 Å². The van der Waals surface area contributed by atoms with Crippen molar-refractivity contribution in [2.75, 3.05) is 20.7 Å². The van der Waals surface area contributed by atoms with Gasteiger partial charge < -0.3 is 9.64 Å². The van der Waals surface area contributed by atoms with Crippen molar-refractivity contribution in [3.8, 4) is 0 Å². The fraction of sp³-hybridized carbons (Fsp3) is 0.286. The summed E-state index contributed by atoms with van der Waals surface area (Å²) in [6.07, 6.45) is 0.168. The van der Waals surface area contributed by atoms with Gasteiger partial charge in [0.2, 0.25) is 0 Å². The zero-order chi connectivity index (χ0) is 14.7. The van der Waals surface area contributed by atoms with E-state index >= 15 is 0 Å². The standard InChI is InChI=1S/C14H14ClNO3S/c1-16(8-7-11(17)19-2)14(18)13-12(15)9-5-3-4-6-10(9)20-13/h3-6H,7-8H2,1-2H3. The number of carbonyl (C=O) groups excluding carboxylic acids is 2. The molecule has 0 aliphatic heterocycles. The maximum atomic E-state index is 12.3. The first-order chi connectivity index (χ1) is 9.54. The Morgan fingerprint density at radius 3 is 2.70 bits per heavy atom. The summed E-state index contributed by atoms with van der Waals surface area (Å²) in [5, 5.41) is 1.35. The molecule has 2 aromatic rings. The van der Waals surface area contributed by atoms with Crippen LogP contribution >= 0.6 is 22.9 Å². The second-order valence-electron chi connectivity index (χ2n) is 4.29. The highest BCUT2D eigenvalue weighted by Crippen LogP contribution is 2.35. The summed E-state index contributed by atoms with van der Waals surface area (Å²) in [5.41, 5.74) is 0. The maximum absolute atomic E-state index is 12.3. The summed E-state index contributed by atoms with van der Waals surface area (Å²) in [5.74, 6) is -0.521. The van der Waals surface area contributed by atoms with Crippen LogP contribution in [0, 0.1) is 0 Å². The van der Waals surface area contributed by atoms with Crippen molar-refractivity contribution in [2.24, 2.45) is 0 Å². The first kappa shape index (κ1) is 14.8. The molecule has 0 saturated heterocycles. The highest BCUT2D eigenvalue weighted by atomic mass is 35.5. The van der Waals surface area contributed by atoms with E-state index in [1.54, 1.807) is 7.05 Å². The Hall–Kier alpha value is -1.59. The number of amides is 1. The number of thiophene rings is 1. The summed E-state index contributed by atoms with van der Waals surface area (Å²) in [6.45, 7) is 0.302. The fourth-order valence-corrected chi connectivity index (χ4v) is 3.29. The monoisotopic (exact) mass is 311 g/mol. The van der Waals surface area contributed by atoms with E-state index in [0.717, 1.165) is 10.1 Å². The van der Waals surface area contributed by atoms with Crippen LogP contribution in [0.15, 0.2) is 24.3 Å². The molecule has 0 spiro atoms. The third-order valence-corrected chi connectivity index (χ3v) is 4.62. The third kappa shape index (κ3) is 2.94. The molecule has 0 aliphatic carbocycles. The molecule has 0 unspecified atom stereocenters. The minimum atomic E-state index is -0.341. The van der Waals surface area contributed by atoms with Crippen molar-refractivity contribution in [1.29, 1.82) is 0 Å². The molecule has 0 bridgehead atoms. The molecule has 20 heavy (non-hydrogen) atoms. The zero-order valence-electron chi connectivity index (χ0n) is 11.2. The molecule has 0 aliphatic rings. The van der Waals surface area contributed by atoms with E-state index in [4.69, 9.17) is 11.6 Å². The Bertz CT molecular complexity index is 653. The van der Waals surface area contributed by atoms with E-state index in [0.29, 0.717) is 16.4 Å². The minimum Gasteiger partial charge on any atom is -0.469 e. The van der Waals surface area contributed by atoms with E-state index in [2.05, 4.69) is 4.74 Å². The predicted molar refractivity (Wildman–Crippen MR) is 80.4 cm³/mol. The van der Waals surface area contributed by atoms with Gasteiger partial charge >= 0.3 is 5.97 Å². The normalized spacial score (nSPS) is 10.6. The van der Waals surface area contributed by atoms with Crippen LogP contribution in [0.2, 0.25) is 5.02 Å². The molecule has 1 amide bonds. The van der Waals surface area contributed by atoms with Gasteiger partial charge in [0.1, 0.15) is 4.88 Å². The van der Waals surface area contributed by atoms with Crippen LogP contribution in [0.1, 0.15) is 16.1 Å². The Kier molecular flexibility index (Phi) is 4.62.